The number of aryl methyl sites for hydroxylation is 2. The van der Waals surface area contributed by atoms with Gasteiger partial charge >= 0.3 is 0 Å². The summed E-state index contributed by atoms with van der Waals surface area (Å²) >= 11 is 0. The molecule has 0 bridgehead atoms. The van der Waals surface area contributed by atoms with Crippen LogP contribution in [0.4, 0.5) is 5.95 Å². The van der Waals surface area contributed by atoms with Gasteiger partial charge in [-0.1, -0.05) is 12.8 Å². The average Bonchev–Trinajstić information content (AvgIpc) is 2.12. The van der Waals surface area contributed by atoms with Gasteiger partial charge in [0.15, 0.2) is 0 Å². The van der Waals surface area contributed by atoms with Crippen LogP contribution in [-0.4, -0.2) is 16.0 Å². The van der Waals surface area contributed by atoms with Gasteiger partial charge in [0.05, 0.1) is 6.04 Å². The Kier molecular flexibility index (Phi) is 3.47. The van der Waals surface area contributed by atoms with Gasteiger partial charge in [-0.2, -0.15) is 0 Å². The van der Waals surface area contributed by atoms with Gasteiger partial charge in [0, 0.05) is 11.4 Å². The van der Waals surface area contributed by atoms with Crippen molar-refractivity contribution in [2.75, 3.05) is 5.32 Å². The number of rotatable bonds is 3. The third kappa shape index (κ3) is 2.74. The monoisotopic (exact) mass is 189 g/mol. The molecule has 1 rings (SSSR count). The van der Waals surface area contributed by atoms with Gasteiger partial charge in [0.1, 0.15) is 0 Å². The molecule has 1 unspecified atom stereocenters. The first kappa shape index (κ1) is 10.5. The summed E-state index contributed by atoms with van der Waals surface area (Å²) in [5.41, 5.74) is 1.90. The molecule has 1 aromatic rings. The van der Waals surface area contributed by atoms with Crippen LogP contribution in [0.1, 0.15) is 24.7 Å². The molecule has 0 saturated carbocycles. The highest BCUT2D eigenvalue weighted by atomic mass is 15.1. The highest BCUT2D eigenvalue weighted by molar-refractivity contribution is 5.31. The van der Waals surface area contributed by atoms with Crippen LogP contribution in [0.5, 0.6) is 0 Å². The Bertz CT molecular complexity index is 332. The highest BCUT2D eigenvalue weighted by Crippen LogP contribution is 2.06. The Balaban J connectivity index is 2.82. The lowest BCUT2D eigenvalue weighted by atomic mass is 10.2. The van der Waals surface area contributed by atoms with Crippen molar-refractivity contribution in [1.29, 1.82) is 0 Å². The van der Waals surface area contributed by atoms with Crippen LogP contribution >= 0.6 is 0 Å². The molecule has 74 valence electrons. The maximum Gasteiger partial charge on any atom is 0.224 e. The van der Waals surface area contributed by atoms with Gasteiger partial charge in [-0.3, -0.25) is 0 Å². The average molecular weight is 189 g/mol. The van der Waals surface area contributed by atoms with E-state index in [9.17, 15) is 0 Å². The standard InChI is InChI=1S/C11H15N3/c1-5-10(6-2)14-11-12-8(3)7-9(4)13-11/h1,7,10H,6H2,2-4H3,(H,12,13,14). The number of terminal acetylenes is 1. The first-order valence-corrected chi connectivity index (χ1v) is 4.70. The molecule has 1 aromatic heterocycles. The lowest BCUT2D eigenvalue weighted by Gasteiger charge is -2.11. The van der Waals surface area contributed by atoms with E-state index in [0.717, 1.165) is 17.8 Å². The highest BCUT2D eigenvalue weighted by Gasteiger charge is 2.04. The van der Waals surface area contributed by atoms with Crippen LogP contribution in [0, 0.1) is 26.2 Å². The minimum Gasteiger partial charge on any atom is -0.341 e. The van der Waals surface area contributed by atoms with Gasteiger partial charge < -0.3 is 5.32 Å². The van der Waals surface area contributed by atoms with E-state index in [1.165, 1.54) is 0 Å². The summed E-state index contributed by atoms with van der Waals surface area (Å²) in [5, 5.41) is 3.10. The van der Waals surface area contributed by atoms with Crippen LogP contribution in [0.3, 0.4) is 0 Å². The van der Waals surface area contributed by atoms with Gasteiger partial charge in [-0.25, -0.2) is 9.97 Å². The predicted molar refractivity (Wildman–Crippen MR) is 58.0 cm³/mol. The quantitative estimate of drug-likeness (QED) is 0.738. The zero-order valence-corrected chi connectivity index (χ0v) is 8.83. The van der Waals surface area contributed by atoms with E-state index in [1.54, 1.807) is 0 Å². The smallest absolute Gasteiger partial charge is 0.224 e. The number of hydrogen-bond acceptors (Lipinski definition) is 3. The fourth-order valence-electron chi connectivity index (χ4n) is 1.21. The molecule has 0 aliphatic carbocycles. The van der Waals surface area contributed by atoms with Crippen molar-refractivity contribution in [3.05, 3.63) is 17.5 Å². The fraction of sp³-hybridized carbons (Fsp3) is 0.455. The zero-order chi connectivity index (χ0) is 10.6. The second-order valence-corrected chi connectivity index (χ2v) is 3.25. The summed E-state index contributed by atoms with van der Waals surface area (Å²) in [6, 6.07) is 1.94. The number of hydrogen-bond donors (Lipinski definition) is 1. The van der Waals surface area contributed by atoms with Crippen molar-refractivity contribution in [2.24, 2.45) is 0 Å². The summed E-state index contributed by atoms with van der Waals surface area (Å²) in [6.07, 6.45) is 6.21. The maximum absolute atomic E-state index is 5.34. The first-order chi connectivity index (χ1) is 6.65. The summed E-state index contributed by atoms with van der Waals surface area (Å²) in [5.74, 6) is 3.27. The number of anilines is 1. The van der Waals surface area contributed by atoms with Crippen molar-refractivity contribution in [1.82, 2.24) is 9.97 Å². The van der Waals surface area contributed by atoms with E-state index in [4.69, 9.17) is 6.42 Å². The lowest BCUT2D eigenvalue weighted by Crippen LogP contribution is -2.18. The molecule has 0 amide bonds. The Hall–Kier alpha value is -1.56. The Labute approximate surface area is 85.0 Å². The summed E-state index contributed by atoms with van der Waals surface area (Å²) in [7, 11) is 0. The third-order valence-electron chi connectivity index (χ3n) is 1.90. The molecular formula is C11H15N3. The molecule has 1 heterocycles. The minimum absolute atomic E-state index is 0.0104. The summed E-state index contributed by atoms with van der Waals surface area (Å²) in [6.45, 7) is 5.91. The second kappa shape index (κ2) is 4.61. The molecule has 0 saturated heterocycles. The molecule has 0 aliphatic heterocycles. The van der Waals surface area contributed by atoms with E-state index in [1.807, 2.05) is 26.8 Å². The third-order valence-corrected chi connectivity index (χ3v) is 1.90. The van der Waals surface area contributed by atoms with E-state index in [0.29, 0.717) is 5.95 Å². The molecule has 0 fully saturated rings. The van der Waals surface area contributed by atoms with Crippen molar-refractivity contribution >= 4 is 5.95 Å². The van der Waals surface area contributed by atoms with Crippen molar-refractivity contribution < 1.29 is 0 Å². The minimum atomic E-state index is 0.0104. The SMILES string of the molecule is C#CC(CC)Nc1nc(C)cc(C)n1. The van der Waals surface area contributed by atoms with E-state index in [2.05, 4.69) is 21.2 Å². The Morgan fingerprint density at radius 1 is 1.43 bits per heavy atom. The number of aromatic nitrogens is 2. The van der Waals surface area contributed by atoms with Gasteiger partial charge in [0.2, 0.25) is 5.95 Å². The largest absolute Gasteiger partial charge is 0.341 e. The molecule has 0 radical (unpaired) electrons. The van der Waals surface area contributed by atoms with Crippen LogP contribution < -0.4 is 5.32 Å². The predicted octanol–water partition coefficient (Wildman–Crippen LogP) is 1.92. The molecule has 0 spiro atoms. The number of nitrogens with one attached hydrogen (secondary N) is 1. The molecule has 0 aliphatic rings. The normalized spacial score (nSPS) is 11.9. The molecule has 1 atom stereocenters. The fourth-order valence-corrected chi connectivity index (χ4v) is 1.21. The van der Waals surface area contributed by atoms with E-state index < -0.39 is 0 Å². The van der Waals surface area contributed by atoms with Gasteiger partial charge in [-0.05, 0) is 26.3 Å². The Morgan fingerprint density at radius 3 is 2.43 bits per heavy atom. The molecule has 3 nitrogen and oxygen atoms in total. The van der Waals surface area contributed by atoms with Crippen LogP contribution in [0.25, 0.3) is 0 Å². The summed E-state index contributed by atoms with van der Waals surface area (Å²) in [4.78, 5) is 8.50. The van der Waals surface area contributed by atoms with Crippen molar-refractivity contribution in [2.45, 2.75) is 33.2 Å². The van der Waals surface area contributed by atoms with E-state index >= 15 is 0 Å². The molecule has 14 heavy (non-hydrogen) atoms. The summed E-state index contributed by atoms with van der Waals surface area (Å²) < 4.78 is 0. The van der Waals surface area contributed by atoms with Crippen molar-refractivity contribution in [3.8, 4) is 12.3 Å². The lowest BCUT2D eigenvalue weighted by molar-refractivity contribution is 0.836. The van der Waals surface area contributed by atoms with Gasteiger partial charge in [-0.15, -0.1) is 6.42 Å². The molecule has 3 heteroatoms. The molecule has 1 N–H and O–H groups in total. The maximum atomic E-state index is 5.34. The van der Waals surface area contributed by atoms with Crippen LogP contribution in [-0.2, 0) is 0 Å². The molecular weight excluding hydrogens is 174 g/mol. The first-order valence-electron chi connectivity index (χ1n) is 4.70. The number of nitrogens with zero attached hydrogens (tertiary/aromatic N) is 2. The zero-order valence-electron chi connectivity index (χ0n) is 8.83. The Morgan fingerprint density at radius 2 is 2.00 bits per heavy atom. The van der Waals surface area contributed by atoms with Crippen LogP contribution in [0.15, 0.2) is 6.07 Å². The van der Waals surface area contributed by atoms with Crippen LogP contribution in [0.2, 0.25) is 0 Å². The topological polar surface area (TPSA) is 37.8 Å². The molecule has 0 aromatic carbocycles. The van der Waals surface area contributed by atoms with Gasteiger partial charge in [0.25, 0.3) is 0 Å². The van der Waals surface area contributed by atoms with Crippen molar-refractivity contribution in [3.63, 3.8) is 0 Å². The van der Waals surface area contributed by atoms with E-state index in [-0.39, 0.29) is 6.04 Å². The second-order valence-electron chi connectivity index (χ2n) is 3.25.